The molecule has 0 spiro atoms. The Bertz CT molecular complexity index is 658. The monoisotopic (exact) mass is 303 g/mol. The largest absolute Gasteiger partial charge is 0.444 e. The zero-order chi connectivity index (χ0) is 16.2. The van der Waals surface area contributed by atoms with Gasteiger partial charge < -0.3 is 14.5 Å². The molecule has 22 heavy (non-hydrogen) atoms. The molecule has 0 fully saturated rings. The molecule has 2 N–H and O–H groups in total. The normalized spacial score (nSPS) is 11.4. The molecule has 1 aromatic heterocycles. The number of aromatic nitrogens is 1. The number of fused-ring (bicyclic) bond motifs is 1. The Morgan fingerprint density at radius 1 is 1.36 bits per heavy atom. The average molecular weight is 303 g/mol. The molecule has 0 aliphatic rings. The lowest BCUT2D eigenvalue weighted by Gasteiger charge is -2.29. The van der Waals surface area contributed by atoms with E-state index in [1.807, 2.05) is 51.2 Å². The minimum Gasteiger partial charge on any atom is -0.444 e. The van der Waals surface area contributed by atoms with E-state index in [2.05, 4.69) is 10.4 Å². The molecule has 0 atom stereocenters. The molecule has 2 aromatic rings. The second kappa shape index (κ2) is 6.62. The van der Waals surface area contributed by atoms with Crippen LogP contribution in [0.5, 0.6) is 0 Å². The number of aromatic amines is 1. The maximum atomic E-state index is 12.1. The Labute approximate surface area is 129 Å². The lowest BCUT2D eigenvalue weighted by molar-refractivity contribution is -0.109. The van der Waals surface area contributed by atoms with E-state index < -0.39 is 6.09 Å². The highest BCUT2D eigenvalue weighted by molar-refractivity contribution is 5.83. The maximum Gasteiger partial charge on any atom is 0.425 e. The highest BCUT2D eigenvalue weighted by Crippen LogP contribution is 2.18. The summed E-state index contributed by atoms with van der Waals surface area (Å²) in [5.74, 6) is 0. The zero-order valence-corrected chi connectivity index (χ0v) is 13.1. The number of hydrazine groups is 1. The van der Waals surface area contributed by atoms with Crippen molar-refractivity contribution in [2.75, 3.05) is 6.54 Å². The maximum absolute atomic E-state index is 12.1. The summed E-state index contributed by atoms with van der Waals surface area (Å²) in [6.45, 7) is 5.78. The van der Waals surface area contributed by atoms with Crippen LogP contribution in [-0.4, -0.2) is 34.5 Å². The summed E-state index contributed by atoms with van der Waals surface area (Å²) in [6, 6.07) is 7.79. The number of H-pyrrole nitrogens is 1. The Morgan fingerprint density at radius 2 is 2.09 bits per heavy atom. The van der Waals surface area contributed by atoms with E-state index in [-0.39, 0.29) is 18.7 Å². The number of carbonyl (C=O) groups is 2. The van der Waals surface area contributed by atoms with Crippen LogP contribution in [0.2, 0.25) is 0 Å². The van der Waals surface area contributed by atoms with Gasteiger partial charge in [-0.25, -0.2) is 15.2 Å². The summed E-state index contributed by atoms with van der Waals surface area (Å²) in [4.78, 5) is 26.0. The van der Waals surface area contributed by atoms with Crippen molar-refractivity contribution in [2.24, 2.45) is 0 Å². The van der Waals surface area contributed by atoms with Crippen LogP contribution in [0.25, 0.3) is 10.9 Å². The molecule has 0 unspecified atom stereocenters. The van der Waals surface area contributed by atoms with Gasteiger partial charge in [-0.15, -0.1) is 0 Å². The SMILES string of the molecule is CC(C)(C)NN(CC=O)C(=O)OCc1c[nH]c2ccccc12. The highest BCUT2D eigenvalue weighted by Gasteiger charge is 2.21. The number of hydrogen-bond acceptors (Lipinski definition) is 4. The number of benzene rings is 1. The molecule has 1 heterocycles. The number of amides is 1. The van der Waals surface area contributed by atoms with Crippen molar-refractivity contribution in [1.29, 1.82) is 0 Å². The smallest absolute Gasteiger partial charge is 0.425 e. The molecule has 0 aliphatic heterocycles. The standard InChI is InChI=1S/C16H21N3O3/c1-16(2,3)18-19(8-9-20)15(21)22-11-12-10-17-14-7-5-4-6-13(12)14/h4-7,9-10,17-18H,8,11H2,1-3H3. The molecule has 6 nitrogen and oxygen atoms in total. The van der Waals surface area contributed by atoms with Gasteiger partial charge in [0.15, 0.2) is 0 Å². The minimum absolute atomic E-state index is 0.0655. The Kier molecular flexibility index (Phi) is 4.82. The van der Waals surface area contributed by atoms with Gasteiger partial charge in [0.05, 0.1) is 6.54 Å². The van der Waals surface area contributed by atoms with Gasteiger partial charge in [-0.05, 0) is 26.8 Å². The van der Waals surface area contributed by atoms with Gasteiger partial charge in [0.1, 0.15) is 12.9 Å². The summed E-state index contributed by atoms with van der Waals surface area (Å²) >= 11 is 0. The van der Waals surface area contributed by atoms with E-state index in [0.717, 1.165) is 16.5 Å². The fraction of sp³-hybridized carbons (Fsp3) is 0.375. The minimum atomic E-state index is -0.577. The van der Waals surface area contributed by atoms with Gasteiger partial charge in [-0.1, -0.05) is 18.2 Å². The quantitative estimate of drug-likeness (QED) is 0.657. The van der Waals surface area contributed by atoms with E-state index >= 15 is 0 Å². The number of carbonyl (C=O) groups excluding carboxylic acids is 2. The number of ether oxygens (including phenoxy) is 1. The van der Waals surface area contributed by atoms with Gasteiger partial charge >= 0.3 is 6.09 Å². The predicted molar refractivity (Wildman–Crippen MR) is 84.1 cm³/mol. The first kappa shape index (κ1) is 16.0. The number of nitrogens with zero attached hydrogens (tertiary/aromatic N) is 1. The number of hydrogen-bond donors (Lipinski definition) is 2. The molecule has 2 rings (SSSR count). The highest BCUT2D eigenvalue weighted by atomic mass is 16.6. The lowest BCUT2D eigenvalue weighted by atomic mass is 10.1. The van der Waals surface area contributed by atoms with Crippen LogP contribution >= 0.6 is 0 Å². The summed E-state index contributed by atoms with van der Waals surface area (Å²) in [7, 11) is 0. The van der Waals surface area contributed by atoms with Crippen LogP contribution < -0.4 is 5.43 Å². The molecule has 0 bridgehead atoms. The molecule has 0 aliphatic carbocycles. The second-order valence-electron chi connectivity index (χ2n) is 6.05. The molecular formula is C16H21N3O3. The van der Waals surface area contributed by atoms with Crippen LogP contribution in [-0.2, 0) is 16.1 Å². The molecule has 6 heteroatoms. The fourth-order valence-corrected chi connectivity index (χ4v) is 2.11. The molecule has 0 saturated carbocycles. The van der Waals surface area contributed by atoms with Gasteiger partial charge in [-0.3, -0.25) is 0 Å². The number of nitrogens with one attached hydrogen (secondary N) is 2. The van der Waals surface area contributed by atoms with Crippen LogP contribution in [0.1, 0.15) is 26.3 Å². The van der Waals surface area contributed by atoms with Crippen LogP contribution in [0.4, 0.5) is 4.79 Å². The topological polar surface area (TPSA) is 74.4 Å². The molecule has 0 radical (unpaired) electrons. The van der Waals surface area contributed by atoms with Gasteiger partial charge in [-0.2, -0.15) is 0 Å². The number of aldehydes is 1. The third kappa shape index (κ3) is 4.08. The predicted octanol–water partition coefficient (Wildman–Crippen LogP) is 2.61. The van der Waals surface area contributed by atoms with Crippen LogP contribution in [0.3, 0.4) is 0 Å². The lowest BCUT2D eigenvalue weighted by Crippen LogP contribution is -2.52. The Hall–Kier alpha value is -2.34. The first-order chi connectivity index (χ1) is 10.4. The molecule has 118 valence electrons. The fourth-order valence-electron chi connectivity index (χ4n) is 2.11. The summed E-state index contributed by atoms with van der Waals surface area (Å²) in [5.41, 5.74) is 4.49. The first-order valence-electron chi connectivity index (χ1n) is 7.11. The van der Waals surface area contributed by atoms with Crippen molar-refractivity contribution in [3.63, 3.8) is 0 Å². The van der Waals surface area contributed by atoms with Gasteiger partial charge in [0.2, 0.25) is 0 Å². The molecule has 1 amide bonds. The van der Waals surface area contributed by atoms with E-state index in [9.17, 15) is 9.59 Å². The number of rotatable bonds is 5. The third-order valence-corrected chi connectivity index (χ3v) is 2.97. The van der Waals surface area contributed by atoms with E-state index in [0.29, 0.717) is 6.29 Å². The molecule has 0 saturated heterocycles. The van der Waals surface area contributed by atoms with Crippen molar-refractivity contribution < 1.29 is 14.3 Å². The first-order valence-corrected chi connectivity index (χ1v) is 7.11. The van der Waals surface area contributed by atoms with Crippen LogP contribution in [0, 0.1) is 0 Å². The van der Waals surface area contributed by atoms with Crippen molar-refractivity contribution in [3.05, 3.63) is 36.0 Å². The van der Waals surface area contributed by atoms with Gasteiger partial charge in [0.25, 0.3) is 0 Å². The average Bonchev–Trinajstić information content (AvgIpc) is 2.86. The second-order valence-corrected chi connectivity index (χ2v) is 6.05. The summed E-state index contributed by atoms with van der Waals surface area (Å²) in [6.07, 6.45) is 1.90. The Morgan fingerprint density at radius 3 is 2.77 bits per heavy atom. The van der Waals surface area contributed by atoms with Crippen molar-refractivity contribution in [2.45, 2.75) is 32.9 Å². The third-order valence-electron chi connectivity index (χ3n) is 2.97. The van der Waals surface area contributed by atoms with Crippen molar-refractivity contribution >= 4 is 23.3 Å². The molecular weight excluding hydrogens is 282 g/mol. The van der Waals surface area contributed by atoms with Crippen LogP contribution in [0.15, 0.2) is 30.5 Å². The zero-order valence-electron chi connectivity index (χ0n) is 13.1. The summed E-state index contributed by atoms with van der Waals surface area (Å²) in [5, 5.41) is 2.20. The summed E-state index contributed by atoms with van der Waals surface area (Å²) < 4.78 is 5.30. The van der Waals surface area contributed by atoms with E-state index in [1.54, 1.807) is 0 Å². The van der Waals surface area contributed by atoms with Crippen molar-refractivity contribution in [1.82, 2.24) is 15.4 Å². The van der Waals surface area contributed by atoms with E-state index in [4.69, 9.17) is 4.74 Å². The Balaban J connectivity index is 2.02. The van der Waals surface area contributed by atoms with E-state index in [1.165, 1.54) is 5.01 Å². The molecule has 1 aromatic carbocycles. The van der Waals surface area contributed by atoms with Crippen molar-refractivity contribution in [3.8, 4) is 0 Å². The number of para-hydroxylation sites is 1. The van der Waals surface area contributed by atoms with Gasteiger partial charge in [0, 0.05) is 28.2 Å².